The topological polar surface area (TPSA) is 73.0 Å². The molecule has 0 aliphatic carbocycles. The van der Waals surface area contributed by atoms with Crippen LogP contribution in [0.15, 0.2) is 30.7 Å². The summed E-state index contributed by atoms with van der Waals surface area (Å²) in [5.41, 5.74) is 1.57. The average molecular weight is 281 g/mol. The molecular formula is C12H13ClN4O2. The van der Waals surface area contributed by atoms with Gasteiger partial charge in [-0.1, -0.05) is 11.6 Å². The number of aromatic nitrogens is 2. The molecule has 0 spiro atoms. The molecule has 0 radical (unpaired) electrons. The van der Waals surface area contributed by atoms with Gasteiger partial charge in [-0.25, -0.2) is 4.98 Å². The molecule has 1 aromatic heterocycles. The summed E-state index contributed by atoms with van der Waals surface area (Å²) >= 11 is 5.76. The Morgan fingerprint density at radius 1 is 1.53 bits per heavy atom. The first kappa shape index (κ1) is 13.4. The van der Waals surface area contributed by atoms with E-state index in [4.69, 9.17) is 11.6 Å². The molecule has 0 atom stereocenters. The second kappa shape index (κ2) is 5.71. The van der Waals surface area contributed by atoms with Crippen molar-refractivity contribution < 1.29 is 4.92 Å². The van der Waals surface area contributed by atoms with Crippen LogP contribution in [-0.2, 0) is 13.1 Å². The molecule has 0 saturated heterocycles. The highest BCUT2D eigenvalue weighted by atomic mass is 35.5. The number of imidazole rings is 1. The number of nitrogens with zero attached hydrogens (tertiary/aromatic N) is 3. The Kier molecular flexibility index (Phi) is 4.01. The molecule has 6 nitrogen and oxygen atoms in total. The number of hydrogen-bond donors (Lipinski definition) is 1. The van der Waals surface area contributed by atoms with Crippen molar-refractivity contribution in [1.29, 1.82) is 0 Å². The minimum atomic E-state index is -0.496. The molecule has 0 bridgehead atoms. The van der Waals surface area contributed by atoms with E-state index in [-0.39, 0.29) is 10.7 Å². The summed E-state index contributed by atoms with van der Waals surface area (Å²) in [4.78, 5) is 14.3. The normalized spacial score (nSPS) is 10.4. The van der Waals surface area contributed by atoms with Gasteiger partial charge in [0.25, 0.3) is 5.69 Å². The SMILES string of the molecule is CCn1cncc1CNc1ccc(Cl)c([N+](=O)[O-])c1. The number of halogens is 1. The first-order chi connectivity index (χ1) is 9.11. The molecule has 0 fully saturated rings. The summed E-state index contributed by atoms with van der Waals surface area (Å²) in [6, 6.07) is 4.65. The van der Waals surface area contributed by atoms with Gasteiger partial charge in [0, 0.05) is 24.5 Å². The van der Waals surface area contributed by atoms with E-state index in [0.29, 0.717) is 12.2 Å². The molecule has 0 amide bonds. The number of benzene rings is 1. The molecule has 7 heteroatoms. The first-order valence-corrected chi connectivity index (χ1v) is 6.16. The largest absolute Gasteiger partial charge is 0.379 e. The van der Waals surface area contributed by atoms with E-state index in [2.05, 4.69) is 10.3 Å². The zero-order valence-electron chi connectivity index (χ0n) is 10.3. The van der Waals surface area contributed by atoms with Crippen molar-refractivity contribution in [2.75, 3.05) is 5.32 Å². The minimum absolute atomic E-state index is 0.101. The van der Waals surface area contributed by atoms with Crippen molar-refractivity contribution in [2.24, 2.45) is 0 Å². The fourth-order valence-corrected chi connectivity index (χ4v) is 1.92. The van der Waals surface area contributed by atoms with Gasteiger partial charge in [-0.3, -0.25) is 10.1 Å². The molecule has 0 saturated carbocycles. The third kappa shape index (κ3) is 3.03. The van der Waals surface area contributed by atoms with Crippen molar-refractivity contribution in [1.82, 2.24) is 9.55 Å². The number of nitrogens with one attached hydrogen (secondary N) is 1. The van der Waals surface area contributed by atoms with E-state index in [0.717, 1.165) is 12.2 Å². The third-order valence-electron chi connectivity index (χ3n) is 2.76. The lowest BCUT2D eigenvalue weighted by molar-refractivity contribution is -0.384. The molecule has 1 heterocycles. The lowest BCUT2D eigenvalue weighted by Gasteiger charge is -2.08. The van der Waals surface area contributed by atoms with Gasteiger partial charge in [0.2, 0.25) is 0 Å². The fourth-order valence-electron chi connectivity index (χ4n) is 1.74. The van der Waals surface area contributed by atoms with Crippen LogP contribution in [0.5, 0.6) is 0 Å². The maximum absolute atomic E-state index is 10.8. The molecule has 0 aliphatic rings. The van der Waals surface area contributed by atoms with Crippen LogP contribution >= 0.6 is 11.6 Å². The number of nitro groups is 1. The predicted octanol–water partition coefficient (Wildman–Crippen LogP) is 3.08. The highest BCUT2D eigenvalue weighted by Gasteiger charge is 2.12. The summed E-state index contributed by atoms with van der Waals surface area (Å²) in [7, 11) is 0. The molecule has 2 aromatic rings. The van der Waals surface area contributed by atoms with Crippen molar-refractivity contribution in [3.8, 4) is 0 Å². The summed E-state index contributed by atoms with van der Waals surface area (Å²) in [6.07, 6.45) is 3.52. The van der Waals surface area contributed by atoms with E-state index in [1.54, 1.807) is 18.6 Å². The molecule has 19 heavy (non-hydrogen) atoms. The van der Waals surface area contributed by atoms with Gasteiger partial charge in [0.15, 0.2) is 0 Å². The Morgan fingerprint density at radius 3 is 3.00 bits per heavy atom. The van der Waals surface area contributed by atoms with Crippen LogP contribution in [0.25, 0.3) is 0 Å². The van der Waals surface area contributed by atoms with Crippen molar-refractivity contribution in [2.45, 2.75) is 20.0 Å². The van der Waals surface area contributed by atoms with E-state index < -0.39 is 4.92 Å². The first-order valence-electron chi connectivity index (χ1n) is 5.78. The highest BCUT2D eigenvalue weighted by molar-refractivity contribution is 6.32. The van der Waals surface area contributed by atoms with E-state index in [1.807, 2.05) is 11.5 Å². The zero-order valence-corrected chi connectivity index (χ0v) is 11.1. The Bertz CT molecular complexity index is 597. The van der Waals surface area contributed by atoms with E-state index >= 15 is 0 Å². The lowest BCUT2D eigenvalue weighted by Crippen LogP contribution is -2.06. The number of anilines is 1. The van der Waals surface area contributed by atoms with Gasteiger partial charge >= 0.3 is 0 Å². The van der Waals surface area contributed by atoms with Gasteiger partial charge in [0.1, 0.15) is 5.02 Å². The predicted molar refractivity (Wildman–Crippen MR) is 73.3 cm³/mol. The molecule has 0 unspecified atom stereocenters. The smallest absolute Gasteiger partial charge is 0.289 e. The van der Waals surface area contributed by atoms with Crippen LogP contribution in [0.3, 0.4) is 0 Å². The van der Waals surface area contributed by atoms with Crippen LogP contribution in [-0.4, -0.2) is 14.5 Å². The summed E-state index contributed by atoms with van der Waals surface area (Å²) < 4.78 is 2.00. The molecular weight excluding hydrogens is 268 g/mol. The summed E-state index contributed by atoms with van der Waals surface area (Å²) in [5, 5.41) is 14.0. The van der Waals surface area contributed by atoms with Crippen molar-refractivity contribution in [3.05, 3.63) is 51.6 Å². The lowest BCUT2D eigenvalue weighted by atomic mass is 10.2. The monoisotopic (exact) mass is 280 g/mol. The van der Waals surface area contributed by atoms with Gasteiger partial charge < -0.3 is 9.88 Å². The van der Waals surface area contributed by atoms with Crippen LogP contribution in [0.2, 0.25) is 5.02 Å². The Labute approximate surface area is 115 Å². The third-order valence-corrected chi connectivity index (χ3v) is 3.08. The van der Waals surface area contributed by atoms with Gasteiger partial charge in [0.05, 0.1) is 23.5 Å². The number of nitro benzene ring substituents is 1. The molecule has 2 rings (SSSR count). The van der Waals surface area contributed by atoms with E-state index in [9.17, 15) is 10.1 Å². The van der Waals surface area contributed by atoms with Gasteiger partial charge in [-0.05, 0) is 19.1 Å². The summed E-state index contributed by atoms with van der Waals surface area (Å²) in [5.74, 6) is 0. The zero-order chi connectivity index (χ0) is 13.8. The highest BCUT2D eigenvalue weighted by Crippen LogP contribution is 2.27. The Balaban J connectivity index is 2.12. The molecule has 1 aromatic carbocycles. The van der Waals surface area contributed by atoms with Crippen molar-refractivity contribution in [3.63, 3.8) is 0 Å². The Morgan fingerprint density at radius 2 is 2.32 bits per heavy atom. The maximum Gasteiger partial charge on any atom is 0.289 e. The second-order valence-electron chi connectivity index (χ2n) is 3.95. The van der Waals surface area contributed by atoms with Crippen LogP contribution in [0, 0.1) is 10.1 Å². The fraction of sp³-hybridized carbons (Fsp3) is 0.250. The maximum atomic E-state index is 10.8. The number of rotatable bonds is 5. The minimum Gasteiger partial charge on any atom is -0.379 e. The Hall–Kier alpha value is -2.08. The molecule has 100 valence electrons. The van der Waals surface area contributed by atoms with Crippen LogP contribution < -0.4 is 5.32 Å². The standard InChI is InChI=1S/C12H13ClN4O2/c1-2-16-8-14-6-10(16)7-15-9-3-4-11(13)12(5-9)17(18)19/h3-6,8,15H,2,7H2,1H3. The van der Waals surface area contributed by atoms with Crippen LogP contribution in [0.1, 0.15) is 12.6 Å². The van der Waals surface area contributed by atoms with Gasteiger partial charge in [-0.2, -0.15) is 0 Å². The van der Waals surface area contributed by atoms with Gasteiger partial charge in [-0.15, -0.1) is 0 Å². The quantitative estimate of drug-likeness (QED) is 0.675. The second-order valence-corrected chi connectivity index (χ2v) is 4.36. The van der Waals surface area contributed by atoms with Crippen molar-refractivity contribution >= 4 is 23.0 Å². The van der Waals surface area contributed by atoms with E-state index in [1.165, 1.54) is 12.1 Å². The molecule has 1 N–H and O–H groups in total. The number of aryl methyl sites for hydroxylation is 1. The number of hydrogen-bond acceptors (Lipinski definition) is 4. The summed E-state index contributed by atoms with van der Waals surface area (Å²) in [6.45, 7) is 3.41. The van der Waals surface area contributed by atoms with Crippen LogP contribution in [0.4, 0.5) is 11.4 Å². The average Bonchev–Trinajstić information content (AvgIpc) is 2.84. The molecule has 0 aliphatic heterocycles.